The lowest BCUT2D eigenvalue weighted by atomic mass is 9.97. The molecule has 0 unspecified atom stereocenters. The highest BCUT2D eigenvalue weighted by molar-refractivity contribution is 7.97. The van der Waals surface area contributed by atoms with Gasteiger partial charge >= 0.3 is 0 Å². The highest BCUT2D eigenvalue weighted by Crippen LogP contribution is 2.34. The Morgan fingerprint density at radius 3 is 2.49 bits per heavy atom. The summed E-state index contributed by atoms with van der Waals surface area (Å²) in [6.45, 7) is 12.2. The zero-order valence-electron chi connectivity index (χ0n) is 20.1. The van der Waals surface area contributed by atoms with Crippen molar-refractivity contribution in [2.24, 2.45) is 16.1 Å². The van der Waals surface area contributed by atoms with Gasteiger partial charge < -0.3 is 4.90 Å². The highest BCUT2D eigenvalue weighted by Gasteiger charge is 2.32. The lowest BCUT2D eigenvalue weighted by Gasteiger charge is -2.42. The van der Waals surface area contributed by atoms with E-state index in [-0.39, 0.29) is 30.4 Å². The molecule has 0 N–H and O–H groups in total. The van der Waals surface area contributed by atoms with Crippen LogP contribution < -0.4 is 4.90 Å². The van der Waals surface area contributed by atoms with Crippen LogP contribution in [0.4, 0.5) is 23.2 Å². The van der Waals surface area contributed by atoms with E-state index in [4.69, 9.17) is 0 Å². The van der Waals surface area contributed by atoms with Crippen LogP contribution in [0.15, 0.2) is 64.9 Å². The number of alkyl halides is 2. The fourth-order valence-corrected chi connectivity index (χ4v) is 4.77. The minimum atomic E-state index is -2.68. The van der Waals surface area contributed by atoms with Crippen LogP contribution in [0.2, 0.25) is 0 Å². The fourth-order valence-electron chi connectivity index (χ4n) is 3.83. The molecule has 2 aliphatic rings. The zero-order valence-corrected chi connectivity index (χ0v) is 21.0. The number of nitrogens with zero attached hydrogens (tertiary/aromatic N) is 4. The van der Waals surface area contributed by atoms with Crippen LogP contribution in [0.3, 0.4) is 0 Å². The van der Waals surface area contributed by atoms with Crippen molar-refractivity contribution >= 4 is 29.1 Å². The summed E-state index contributed by atoms with van der Waals surface area (Å²) in [5.41, 5.74) is 2.19. The molecular weight excluding hydrogens is 476 g/mol. The molecule has 2 heterocycles. The zero-order chi connectivity index (χ0) is 25.5. The molecule has 4 rings (SSSR count). The molecule has 0 aromatic heterocycles. The molecule has 0 atom stereocenters. The van der Waals surface area contributed by atoms with Crippen LogP contribution >= 0.6 is 11.9 Å². The molecule has 2 aliphatic heterocycles. The van der Waals surface area contributed by atoms with Gasteiger partial charge in [-0.2, -0.15) is 10.2 Å². The summed E-state index contributed by atoms with van der Waals surface area (Å²) >= 11 is 1.76. The monoisotopic (exact) mass is 506 g/mol. The predicted octanol–water partition coefficient (Wildman–Crippen LogP) is 6.93. The second-order valence-electron chi connectivity index (χ2n) is 7.94. The first-order valence-corrected chi connectivity index (χ1v) is 12.6. The first kappa shape index (κ1) is 26.9. The first-order chi connectivity index (χ1) is 16.9. The third kappa shape index (κ3) is 6.52. The minimum absolute atomic E-state index is 0.101. The Balaban J connectivity index is 0.00000167. The Bertz CT molecular complexity index is 1100. The number of anilines is 1. The summed E-state index contributed by atoms with van der Waals surface area (Å²) in [5, 5.41) is 7.27. The maximum atomic E-state index is 15.1. The topological polar surface area (TPSA) is 31.2 Å². The van der Waals surface area contributed by atoms with Gasteiger partial charge in [-0.05, 0) is 24.3 Å². The van der Waals surface area contributed by atoms with Crippen molar-refractivity contribution in [3.63, 3.8) is 0 Å². The van der Waals surface area contributed by atoms with Gasteiger partial charge in [0.2, 0.25) is 0 Å². The maximum absolute atomic E-state index is 15.1. The van der Waals surface area contributed by atoms with E-state index in [1.54, 1.807) is 36.2 Å². The highest BCUT2D eigenvalue weighted by atomic mass is 32.2. The smallest absolute Gasteiger partial charge is 0.278 e. The van der Waals surface area contributed by atoms with Gasteiger partial charge in [-0.15, -0.1) is 0 Å². The van der Waals surface area contributed by atoms with Gasteiger partial charge in [0, 0.05) is 53.7 Å². The molecule has 0 saturated carbocycles. The van der Waals surface area contributed by atoms with Gasteiger partial charge in [-0.25, -0.2) is 21.9 Å². The normalized spacial score (nSPS) is 15.8. The van der Waals surface area contributed by atoms with E-state index in [1.165, 1.54) is 18.2 Å². The van der Waals surface area contributed by atoms with Crippen molar-refractivity contribution in [2.75, 3.05) is 23.7 Å². The van der Waals surface area contributed by atoms with Gasteiger partial charge in [0.05, 0.1) is 12.3 Å². The van der Waals surface area contributed by atoms with Crippen molar-refractivity contribution in [3.8, 4) is 0 Å². The first-order valence-electron chi connectivity index (χ1n) is 11.7. The van der Waals surface area contributed by atoms with Gasteiger partial charge in [-0.3, -0.25) is 0 Å². The molecular formula is C26H30F4N4S. The van der Waals surface area contributed by atoms with E-state index in [1.807, 2.05) is 18.7 Å². The van der Waals surface area contributed by atoms with Crippen molar-refractivity contribution in [1.29, 1.82) is 0 Å². The molecule has 0 radical (unpaired) electrons. The van der Waals surface area contributed by atoms with Gasteiger partial charge in [0.1, 0.15) is 17.3 Å². The summed E-state index contributed by atoms with van der Waals surface area (Å²) in [4.78, 5) is 1.84. The van der Waals surface area contributed by atoms with Crippen LogP contribution in [-0.2, 0) is 6.54 Å². The summed E-state index contributed by atoms with van der Waals surface area (Å²) in [7, 11) is 0. The van der Waals surface area contributed by atoms with Crippen molar-refractivity contribution in [2.45, 2.75) is 40.2 Å². The number of halogens is 4. The summed E-state index contributed by atoms with van der Waals surface area (Å²) in [6.07, 6.45) is -2.78. The van der Waals surface area contributed by atoms with Crippen molar-refractivity contribution in [1.82, 2.24) is 4.31 Å². The number of hydrogen-bond acceptors (Lipinski definition) is 5. The molecule has 9 heteroatoms. The Labute approximate surface area is 208 Å². The summed E-state index contributed by atoms with van der Waals surface area (Å²) < 4.78 is 56.9. The quantitative estimate of drug-likeness (QED) is 0.273. The molecule has 1 saturated heterocycles. The van der Waals surface area contributed by atoms with E-state index in [9.17, 15) is 13.2 Å². The lowest BCUT2D eigenvalue weighted by Crippen LogP contribution is -2.46. The second-order valence-corrected chi connectivity index (χ2v) is 9.29. The van der Waals surface area contributed by atoms with E-state index in [2.05, 4.69) is 28.0 Å². The van der Waals surface area contributed by atoms with Crippen LogP contribution in [0.25, 0.3) is 0 Å². The molecule has 0 bridgehead atoms. The molecule has 0 aliphatic carbocycles. The average molecular weight is 507 g/mol. The van der Waals surface area contributed by atoms with Crippen molar-refractivity contribution in [3.05, 3.63) is 77.5 Å². The molecule has 2 aromatic rings. The molecule has 4 nitrogen and oxygen atoms in total. The molecule has 2 aromatic carbocycles. The standard InChI is InChI=1S/C24H24F4N4S.C2H6/c1-3-33-31-12-18(13-31)15(2)32(20-6-4-5-19(25)10-20)14-17-8-7-16(9-21(17)26)22-11-23(24(27)28)30-29-22;1-2/h4-10,18,24H,2-3,11-14H2,1H3;1-2H3. The van der Waals surface area contributed by atoms with E-state index < -0.39 is 12.2 Å². The second kappa shape index (κ2) is 12.4. The lowest BCUT2D eigenvalue weighted by molar-refractivity contribution is 0.224. The Morgan fingerprint density at radius 2 is 1.89 bits per heavy atom. The largest absolute Gasteiger partial charge is 0.341 e. The van der Waals surface area contributed by atoms with Crippen LogP contribution in [0, 0.1) is 17.6 Å². The predicted molar refractivity (Wildman–Crippen MR) is 137 cm³/mol. The number of rotatable bonds is 9. The Kier molecular flexibility index (Phi) is 9.51. The van der Waals surface area contributed by atoms with E-state index in [0.29, 0.717) is 22.5 Å². The molecule has 188 valence electrons. The van der Waals surface area contributed by atoms with Crippen LogP contribution in [0.5, 0.6) is 0 Å². The summed E-state index contributed by atoms with van der Waals surface area (Å²) in [6, 6.07) is 10.7. The molecule has 0 amide bonds. The van der Waals surface area contributed by atoms with Gasteiger partial charge in [-0.1, -0.05) is 57.5 Å². The van der Waals surface area contributed by atoms with Gasteiger partial charge in [0.15, 0.2) is 0 Å². The van der Waals surface area contributed by atoms with Crippen LogP contribution in [0.1, 0.15) is 38.3 Å². The van der Waals surface area contributed by atoms with Crippen LogP contribution in [-0.4, -0.2) is 41.0 Å². The molecule has 1 fully saturated rings. The SMILES string of the molecule is C=C(C1CN(SCC)C1)N(Cc1ccc(C2=NN=C(C(F)F)C2)cc1F)c1cccc(F)c1.CC. The summed E-state index contributed by atoms with van der Waals surface area (Å²) in [5.74, 6) is 0.297. The van der Waals surface area contributed by atoms with Gasteiger partial charge in [0.25, 0.3) is 6.43 Å². The number of hydrogen-bond donors (Lipinski definition) is 0. The maximum Gasteiger partial charge on any atom is 0.278 e. The Morgan fingerprint density at radius 1 is 1.14 bits per heavy atom. The number of benzene rings is 2. The van der Waals surface area contributed by atoms with E-state index in [0.717, 1.165) is 24.5 Å². The molecule has 0 spiro atoms. The Hall–Kier alpha value is -2.65. The fraction of sp³-hybridized carbons (Fsp3) is 0.385. The third-order valence-electron chi connectivity index (χ3n) is 5.71. The minimum Gasteiger partial charge on any atom is -0.341 e. The van der Waals surface area contributed by atoms with Crippen molar-refractivity contribution < 1.29 is 17.6 Å². The third-order valence-corrected chi connectivity index (χ3v) is 6.63. The molecule has 35 heavy (non-hydrogen) atoms. The average Bonchev–Trinajstić information content (AvgIpc) is 3.32. The van der Waals surface area contributed by atoms with E-state index >= 15 is 4.39 Å².